The molecular weight excluding hydrogens is 293 g/mol. The van der Waals surface area contributed by atoms with Crippen LogP contribution in [0.4, 0.5) is 4.39 Å². The van der Waals surface area contributed by atoms with Crippen molar-refractivity contribution < 1.29 is 4.39 Å². The second kappa shape index (κ2) is 7.21. The van der Waals surface area contributed by atoms with Crippen LogP contribution in [-0.2, 0) is 0 Å². The molecule has 1 unspecified atom stereocenters. The summed E-state index contributed by atoms with van der Waals surface area (Å²) >= 11 is 7.85. The Hall–Kier alpha value is -0.900. The van der Waals surface area contributed by atoms with Crippen LogP contribution < -0.4 is 5.32 Å². The van der Waals surface area contributed by atoms with Crippen LogP contribution in [0.15, 0.2) is 30.3 Å². The van der Waals surface area contributed by atoms with E-state index in [1.54, 1.807) is 17.4 Å². The Balaban J connectivity index is 2.29. The van der Waals surface area contributed by atoms with Crippen molar-refractivity contribution in [1.82, 2.24) is 5.32 Å². The Labute approximate surface area is 128 Å². The summed E-state index contributed by atoms with van der Waals surface area (Å²) in [7, 11) is 0. The lowest BCUT2D eigenvalue weighted by Crippen LogP contribution is -2.19. The SMILES string of the molecule is CCCC(NCC)c1ccc(-c2cc(F)ccc2Cl)s1. The normalized spacial score (nSPS) is 12.6. The van der Waals surface area contributed by atoms with E-state index in [0.29, 0.717) is 11.1 Å². The van der Waals surface area contributed by atoms with Crippen LogP contribution in [0.5, 0.6) is 0 Å². The first-order chi connectivity index (χ1) is 9.65. The van der Waals surface area contributed by atoms with Gasteiger partial charge in [-0.25, -0.2) is 4.39 Å². The zero-order valence-corrected chi connectivity index (χ0v) is 13.3. The number of hydrogen-bond donors (Lipinski definition) is 1. The largest absolute Gasteiger partial charge is 0.310 e. The molecule has 0 aliphatic rings. The van der Waals surface area contributed by atoms with Crippen molar-refractivity contribution in [2.24, 2.45) is 0 Å². The van der Waals surface area contributed by atoms with Crippen molar-refractivity contribution in [3.05, 3.63) is 46.0 Å². The minimum absolute atomic E-state index is 0.254. The van der Waals surface area contributed by atoms with E-state index < -0.39 is 0 Å². The van der Waals surface area contributed by atoms with E-state index in [2.05, 4.69) is 25.2 Å². The molecule has 0 aliphatic heterocycles. The monoisotopic (exact) mass is 311 g/mol. The van der Waals surface area contributed by atoms with E-state index in [1.165, 1.54) is 17.0 Å². The first-order valence-electron chi connectivity index (χ1n) is 6.94. The van der Waals surface area contributed by atoms with Gasteiger partial charge in [-0.2, -0.15) is 0 Å². The van der Waals surface area contributed by atoms with Crippen LogP contribution in [0.25, 0.3) is 10.4 Å². The maximum atomic E-state index is 13.4. The second-order valence-electron chi connectivity index (χ2n) is 4.73. The fourth-order valence-electron chi connectivity index (χ4n) is 2.25. The molecule has 1 heterocycles. The van der Waals surface area contributed by atoms with Crippen molar-refractivity contribution in [2.75, 3.05) is 6.54 Å². The maximum Gasteiger partial charge on any atom is 0.123 e. The molecule has 20 heavy (non-hydrogen) atoms. The first-order valence-corrected chi connectivity index (χ1v) is 8.13. The molecule has 1 atom stereocenters. The third-order valence-electron chi connectivity index (χ3n) is 3.19. The lowest BCUT2D eigenvalue weighted by Gasteiger charge is -2.15. The van der Waals surface area contributed by atoms with Gasteiger partial charge in [-0.1, -0.05) is 31.9 Å². The quantitative estimate of drug-likeness (QED) is 0.726. The average molecular weight is 312 g/mol. The van der Waals surface area contributed by atoms with Gasteiger partial charge in [0, 0.05) is 26.4 Å². The molecule has 2 aromatic rings. The summed E-state index contributed by atoms with van der Waals surface area (Å²) in [5.74, 6) is -0.254. The van der Waals surface area contributed by atoms with Gasteiger partial charge in [0.2, 0.25) is 0 Å². The number of halogens is 2. The number of hydrogen-bond acceptors (Lipinski definition) is 2. The van der Waals surface area contributed by atoms with Crippen LogP contribution in [0.3, 0.4) is 0 Å². The molecule has 4 heteroatoms. The van der Waals surface area contributed by atoms with Gasteiger partial charge < -0.3 is 5.32 Å². The Kier molecular flexibility index (Phi) is 5.58. The molecule has 0 saturated carbocycles. The summed E-state index contributed by atoms with van der Waals surface area (Å²) < 4.78 is 13.4. The van der Waals surface area contributed by atoms with Crippen molar-refractivity contribution in [1.29, 1.82) is 0 Å². The molecule has 0 bridgehead atoms. The molecular formula is C16H19ClFNS. The molecule has 1 aromatic carbocycles. The van der Waals surface area contributed by atoms with Gasteiger partial charge in [0.05, 0.1) is 0 Å². The summed E-state index contributed by atoms with van der Waals surface area (Å²) in [5.41, 5.74) is 0.773. The van der Waals surface area contributed by atoms with E-state index in [4.69, 9.17) is 11.6 Å². The van der Waals surface area contributed by atoms with Crippen LogP contribution in [0.2, 0.25) is 5.02 Å². The Morgan fingerprint density at radius 3 is 2.75 bits per heavy atom. The van der Waals surface area contributed by atoms with Crippen LogP contribution >= 0.6 is 22.9 Å². The molecule has 0 fully saturated rings. The summed E-state index contributed by atoms with van der Waals surface area (Å²) in [6.45, 7) is 5.24. The van der Waals surface area contributed by atoms with Gasteiger partial charge >= 0.3 is 0 Å². The first kappa shape index (κ1) is 15.5. The lowest BCUT2D eigenvalue weighted by molar-refractivity contribution is 0.516. The Morgan fingerprint density at radius 2 is 2.05 bits per heavy atom. The molecule has 1 N–H and O–H groups in total. The maximum absolute atomic E-state index is 13.4. The predicted molar refractivity (Wildman–Crippen MR) is 86.0 cm³/mol. The molecule has 0 amide bonds. The fourth-order valence-corrected chi connectivity index (χ4v) is 3.67. The van der Waals surface area contributed by atoms with Gasteiger partial charge in [-0.05, 0) is 43.3 Å². The Bertz CT molecular complexity index is 561. The lowest BCUT2D eigenvalue weighted by atomic mass is 10.1. The molecule has 0 saturated heterocycles. The Morgan fingerprint density at radius 1 is 1.25 bits per heavy atom. The van der Waals surface area contributed by atoms with Gasteiger partial charge in [0.25, 0.3) is 0 Å². The number of nitrogens with one attached hydrogen (secondary N) is 1. The highest BCUT2D eigenvalue weighted by Crippen LogP contribution is 2.36. The van der Waals surface area contributed by atoms with Crippen molar-refractivity contribution >= 4 is 22.9 Å². The van der Waals surface area contributed by atoms with Crippen LogP contribution in [0.1, 0.15) is 37.6 Å². The van der Waals surface area contributed by atoms with Crippen LogP contribution in [0, 0.1) is 5.82 Å². The van der Waals surface area contributed by atoms with Gasteiger partial charge in [0.15, 0.2) is 0 Å². The number of rotatable bonds is 6. The highest BCUT2D eigenvalue weighted by Gasteiger charge is 2.14. The summed E-state index contributed by atoms with van der Waals surface area (Å²) in [6, 6.07) is 9.01. The highest BCUT2D eigenvalue weighted by atomic mass is 35.5. The molecule has 1 aromatic heterocycles. The van der Waals surface area contributed by atoms with E-state index in [0.717, 1.165) is 29.8 Å². The van der Waals surface area contributed by atoms with E-state index in [-0.39, 0.29) is 5.82 Å². The van der Waals surface area contributed by atoms with E-state index in [9.17, 15) is 4.39 Å². The smallest absolute Gasteiger partial charge is 0.123 e. The van der Waals surface area contributed by atoms with Crippen LogP contribution in [-0.4, -0.2) is 6.54 Å². The topological polar surface area (TPSA) is 12.0 Å². The summed E-state index contributed by atoms with van der Waals surface area (Å²) in [5, 5.41) is 4.09. The second-order valence-corrected chi connectivity index (χ2v) is 6.25. The molecule has 0 spiro atoms. The number of thiophene rings is 1. The molecule has 0 radical (unpaired) electrons. The van der Waals surface area contributed by atoms with E-state index in [1.807, 2.05) is 6.07 Å². The van der Waals surface area contributed by atoms with Crippen molar-refractivity contribution in [3.63, 3.8) is 0 Å². The molecule has 1 nitrogen and oxygen atoms in total. The molecule has 0 aliphatic carbocycles. The fraction of sp³-hybridized carbons (Fsp3) is 0.375. The van der Waals surface area contributed by atoms with Gasteiger partial charge in [-0.3, -0.25) is 0 Å². The van der Waals surface area contributed by atoms with Gasteiger partial charge in [-0.15, -0.1) is 11.3 Å². The van der Waals surface area contributed by atoms with E-state index >= 15 is 0 Å². The average Bonchev–Trinajstić information content (AvgIpc) is 2.91. The third kappa shape index (κ3) is 3.60. The standard InChI is InChI=1S/C16H19ClFNS/c1-3-5-14(19-4-2)16-9-8-15(20-16)12-10-11(18)6-7-13(12)17/h6-10,14,19H,3-5H2,1-2H3. The van der Waals surface area contributed by atoms with Crippen molar-refractivity contribution in [3.8, 4) is 10.4 Å². The zero-order chi connectivity index (χ0) is 14.5. The summed E-state index contributed by atoms with van der Waals surface area (Å²) in [4.78, 5) is 2.30. The highest BCUT2D eigenvalue weighted by molar-refractivity contribution is 7.15. The molecule has 108 valence electrons. The predicted octanol–water partition coefficient (Wildman–Crippen LogP) is 5.66. The minimum Gasteiger partial charge on any atom is -0.310 e. The minimum atomic E-state index is -0.254. The van der Waals surface area contributed by atoms with Gasteiger partial charge in [0.1, 0.15) is 5.82 Å². The zero-order valence-electron chi connectivity index (χ0n) is 11.7. The summed E-state index contributed by atoms with van der Waals surface area (Å²) in [6.07, 6.45) is 2.23. The third-order valence-corrected chi connectivity index (χ3v) is 4.75. The van der Waals surface area contributed by atoms with Crippen molar-refractivity contribution in [2.45, 2.75) is 32.7 Å². The number of benzene rings is 1. The molecule has 2 rings (SSSR count).